The highest BCUT2D eigenvalue weighted by Gasteiger charge is 2.26. The first-order valence-electron chi connectivity index (χ1n) is 6.73. The summed E-state index contributed by atoms with van der Waals surface area (Å²) in [6, 6.07) is 6.30. The molecule has 106 valence electrons. The molecule has 2 nitrogen and oxygen atoms in total. The summed E-state index contributed by atoms with van der Waals surface area (Å²) in [6.45, 7) is 8.50. The molecule has 0 radical (unpaired) electrons. The van der Waals surface area contributed by atoms with Crippen LogP contribution in [-0.4, -0.2) is 12.6 Å². The van der Waals surface area contributed by atoms with E-state index in [1.54, 1.807) is 12.1 Å². The van der Waals surface area contributed by atoms with Crippen LogP contribution >= 0.6 is 0 Å². The predicted molar refractivity (Wildman–Crippen MR) is 74.3 cm³/mol. The average Bonchev–Trinajstić information content (AvgIpc) is 2.30. The fraction of sp³-hybridized carbons (Fsp3) is 0.562. The van der Waals surface area contributed by atoms with Gasteiger partial charge in [-0.2, -0.15) is 0 Å². The van der Waals surface area contributed by atoms with Gasteiger partial charge in [0, 0.05) is 0 Å². The number of hydrogen-bond acceptors (Lipinski definition) is 2. The standard InChI is InChI=1S/C16H23FO2/c1-5-19-15(18)13(11-16(2,3)4)10-12-6-8-14(17)9-7-12/h6-9,13H,5,10-11H2,1-4H3/t13-/m1/s1. The van der Waals surface area contributed by atoms with Crippen LogP contribution in [0, 0.1) is 17.2 Å². The van der Waals surface area contributed by atoms with Gasteiger partial charge in [0.2, 0.25) is 0 Å². The van der Waals surface area contributed by atoms with Gasteiger partial charge < -0.3 is 4.74 Å². The van der Waals surface area contributed by atoms with E-state index in [4.69, 9.17) is 4.74 Å². The second kappa shape index (κ2) is 6.69. The van der Waals surface area contributed by atoms with E-state index in [2.05, 4.69) is 20.8 Å². The molecule has 0 aromatic heterocycles. The Balaban J connectivity index is 2.78. The van der Waals surface area contributed by atoms with E-state index in [1.807, 2.05) is 6.92 Å². The lowest BCUT2D eigenvalue weighted by Gasteiger charge is -2.24. The van der Waals surface area contributed by atoms with Crippen LogP contribution in [0.1, 0.15) is 39.7 Å². The number of carbonyl (C=O) groups excluding carboxylic acids is 1. The number of esters is 1. The van der Waals surface area contributed by atoms with Crippen molar-refractivity contribution in [1.82, 2.24) is 0 Å². The molecule has 1 rings (SSSR count). The summed E-state index contributed by atoms with van der Waals surface area (Å²) in [4.78, 5) is 12.0. The van der Waals surface area contributed by atoms with Crippen LogP contribution < -0.4 is 0 Å². The van der Waals surface area contributed by atoms with Crippen molar-refractivity contribution in [3.63, 3.8) is 0 Å². The van der Waals surface area contributed by atoms with E-state index in [9.17, 15) is 9.18 Å². The van der Waals surface area contributed by atoms with Gasteiger partial charge in [0.15, 0.2) is 0 Å². The van der Waals surface area contributed by atoms with E-state index in [1.165, 1.54) is 12.1 Å². The molecule has 1 aromatic carbocycles. The van der Waals surface area contributed by atoms with Crippen LogP contribution in [0.3, 0.4) is 0 Å². The van der Waals surface area contributed by atoms with Gasteiger partial charge in [-0.25, -0.2) is 4.39 Å². The number of hydrogen-bond donors (Lipinski definition) is 0. The highest BCUT2D eigenvalue weighted by Crippen LogP contribution is 2.27. The van der Waals surface area contributed by atoms with Gasteiger partial charge in [0.25, 0.3) is 0 Å². The summed E-state index contributed by atoms with van der Waals surface area (Å²) in [7, 11) is 0. The van der Waals surface area contributed by atoms with Crippen LogP contribution in [0.25, 0.3) is 0 Å². The number of halogens is 1. The molecule has 3 heteroatoms. The van der Waals surface area contributed by atoms with Gasteiger partial charge in [-0.3, -0.25) is 4.79 Å². The predicted octanol–water partition coefficient (Wildman–Crippen LogP) is 3.98. The molecule has 0 N–H and O–H groups in total. The fourth-order valence-electron chi connectivity index (χ4n) is 2.14. The molecule has 0 unspecified atom stereocenters. The fourth-order valence-corrected chi connectivity index (χ4v) is 2.14. The molecular weight excluding hydrogens is 243 g/mol. The maximum Gasteiger partial charge on any atom is 0.309 e. The van der Waals surface area contributed by atoms with Crippen LogP contribution in [-0.2, 0) is 16.0 Å². The number of carbonyl (C=O) groups is 1. The van der Waals surface area contributed by atoms with E-state index in [0.717, 1.165) is 12.0 Å². The Labute approximate surface area is 115 Å². The maximum absolute atomic E-state index is 12.9. The molecule has 0 aliphatic rings. The third kappa shape index (κ3) is 5.86. The van der Waals surface area contributed by atoms with Crippen LogP contribution in [0.15, 0.2) is 24.3 Å². The van der Waals surface area contributed by atoms with E-state index >= 15 is 0 Å². The summed E-state index contributed by atoms with van der Waals surface area (Å²) in [5.74, 6) is -0.598. The number of rotatable bonds is 5. The average molecular weight is 266 g/mol. The molecule has 1 aromatic rings. The Kier molecular flexibility index (Phi) is 5.52. The first-order valence-corrected chi connectivity index (χ1v) is 6.73. The van der Waals surface area contributed by atoms with Crippen molar-refractivity contribution in [1.29, 1.82) is 0 Å². The van der Waals surface area contributed by atoms with E-state index in [0.29, 0.717) is 13.0 Å². The van der Waals surface area contributed by atoms with Gasteiger partial charge in [-0.05, 0) is 42.9 Å². The lowest BCUT2D eigenvalue weighted by molar-refractivity contribution is -0.149. The summed E-state index contributed by atoms with van der Waals surface area (Å²) >= 11 is 0. The monoisotopic (exact) mass is 266 g/mol. The normalized spacial score (nSPS) is 13.1. The molecule has 0 heterocycles. The summed E-state index contributed by atoms with van der Waals surface area (Å²) in [6.07, 6.45) is 1.35. The van der Waals surface area contributed by atoms with Gasteiger partial charge in [-0.15, -0.1) is 0 Å². The largest absolute Gasteiger partial charge is 0.466 e. The Hall–Kier alpha value is -1.38. The van der Waals surface area contributed by atoms with Crippen molar-refractivity contribution in [3.8, 4) is 0 Å². The minimum Gasteiger partial charge on any atom is -0.466 e. The maximum atomic E-state index is 12.9. The number of ether oxygens (including phenoxy) is 1. The van der Waals surface area contributed by atoms with E-state index in [-0.39, 0.29) is 23.1 Å². The Morgan fingerprint density at radius 3 is 2.32 bits per heavy atom. The summed E-state index contributed by atoms with van der Waals surface area (Å²) < 4.78 is 18.0. The van der Waals surface area contributed by atoms with Crippen molar-refractivity contribution >= 4 is 5.97 Å². The van der Waals surface area contributed by atoms with Gasteiger partial charge >= 0.3 is 5.97 Å². The third-order valence-electron chi connectivity index (χ3n) is 2.87. The van der Waals surface area contributed by atoms with Gasteiger partial charge in [0.05, 0.1) is 12.5 Å². The zero-order chi connectivity index (χ0) is 14.5. The van der Waals surface area contributed by atoms with Crippen molar-refractivity contribution in [2.75, 3.05) is 6.61 Å². The lowest BCUT2D eigenvalue weighted by Crippen LogP contribution is -2.25. The van der Waals surface area contributed by atoms with Crippen molar-refractivity contribution < 1.29 is 13.9 Å². The quantitative estimate of drug-likeness (QED) is 0.753. The summed E-state index contributed by atoms with van der Waals surface area (Å²) in [5, 5.41) is 0. The Bertz CT molecular complexity index is 404. The molecule has 0 fully saturated rings. The third-order valence-corrected chi connectivity index (χ3v) is 2.87. The van der Waals surface area contributed by atoms with Crippen molar-refractivity contribution in [2.24, 2.45) is 11.3 Å². The smallest absolute Gasteiger partial charge is 0.309 e. The minimum absolute atomic E-state index is 0.0530. The minimum atomic E-state index is -0.257. The van der Waals surface area contributed by atoms with Gasteiger partial charge in [0.1, 0.15) is 5.82 Å². The van der Waals surface area contributed by atoms with Crippen molar-refractivity contribution in [3.05, 3.63) is 35.6 Å². The molecule has 0 aliphatic heterocycles. The van der Waals surface area contributed by atoms with Gasteiger partial charge in [-0.1, -0.05) is 32.9 Å². The zero-order valence-corrected chi connectivity index (χ0v) is 12.2. The summed E-state index contributed by atoms with van der Waals surface area (Å²) in [5.41, 5.74) is 1.01. The van der Waals surface area contributed by atoms with Crippen LogP contribution in [0.2, 0.25) is 0 Å². The first kappa shape index (κ1) is 15.7. The zero-order valence-electron chi connectivity index (χ0n) is 12.2. The van der Waals surface area contributed by atoms with Crippen LogP contribution in [0.5, 0.6) is 0 Å². The first-order chi connectivity index (χ1) is 8.81. The van der Waals surface area contributed by atoms with Crippen molar-refractivity contribution in [2.45, 2.75) is 40.5 Å². The molecule has 1 atom stereocenters. The topological polar surface area (TPSA) is 26.3 Å². The molecule has 0 bridgehead atoms. The molecule has 0 amide bonds. The molecule has 19 heavy (non-hydrogen) atoms. The Morgan fingerprint density at radius 2 is 1.84 bits per heavy atom. The molecule has 0 spiro atoms. The molecule has 0 saturated carbocycles. The highest BCUT2D eigenvalue weighted by molar-refractivity contribution is 5.72. The second-order valence-corrected chi connectivity index (χ2v) is 6.04. The second-order valence-electron chi connectivity index (χ2n) is 6.04. The highest BCUT2D eigenvalue weighted by atomic mass is 19.1. The van der Waals surface area contributed by atoms with E-state index < -0.39 is 0 Å². The number of benzene rings is 1. The SMILES string of the molecule is CCOC(=O)[C@H](Cc1ccc(F)cc1)CC(C)(C)C. The Morgan fingerprint density at radius 1 is 1.26 bits per heavy atom. The van der Waals surface area contributed by atoms with Crippen LogP contribution in [0.4, 0.5) is 4.39 Å². The molecule has 0 saturated heterocycles. The molecule has 0 aliphatic carbocycles. The molecular formula is C16H23FO2. The lowest BCUT2D eigenvalue weighted by atomic mass is 9.82.